The molecule has 0 aliphatic rings. The van der Waals surface area contributed by atoms with E-state index in [0.29, 0.717) is 5.56 Å². The van der Waals surface area contributed by atoms with E-state index in [9.17, 15) is 9.90 Å². The smallest absolute Gasteiger partial charge is 0.338 e. The van der Waals surface area contributed by atoms with Gasteiger partial charge in [0.2, 0.25) is 0 Å². The number of hydrogen-bond donors (Lipinski definition) is 1. The lowest BCUT2D eigenvalue weighted by atomic mass is 9.98. The lowest BCUT2D eigenvalue weighted by Crippen LogP contribution is -2.08. The summed E-state index contributed by atoms with van der Waals surface area (Å²) in [5, 5.41) is 9.45. The number of methoxy groups -OCH3 is 1. The van der Waals surface area contributed by atoms with Crippen molar-refractivity contribution in [2.45, 2.75) is 26.7 Å². The minimum Gasteiger partial charge on any atom is -0.508 e. The van der Waals surface area contributed by atoms with Gasteiger partial charge < -0.3 is 9.84 Å². The normalized spacial score (nSPS) is 10.1. The van der Waals surface area contributed by atoms with Crippen LogP contribution in [0.25, 0.3) is 0 Å². The summed E-state index contributed by atoms with van der Waals surface area (Å²) in [6, 6.07) is 3.20. The summed E-state index contributed by atoms with van der Waals surface area (Å²) in [6.45, 7) is 3.82. The SMILES string of the molecule is CCCc1cc(O)cc(C)c1C(=O)OC. The lowest BCUT2D eigenvalue weighted by Gasteiger charge is -2.10. The van der Waals surface area contributed by atoms with Crippen LogP contribution in [0.4, 0.5) is 0 Å². The van der Waals surface area contributed by atoms with Crippen LogP contribution in [0.2, 0.25) is 0 Å². The summed E-state index contributed by atoms with van der Waals surface area (Å²) >= 11 is 0. The van der Waals surface area contributed by atoms with Crippen LogP contribution < -0.4 is 0 Å². The zero-order chi connectivity index (χ0) is 11.4. The molecule has 0 amide bonds. The molecule has 0 fully saturated rings. The zero-order valence-electron chi connectivity index (χ0n) is 9.33. The summed E-state index contributed by atoms with van der Waals surface area (Å²) in [5.41, 5.74) is 2.18. The molecule has 0 saturated heterocycles. The third kappa shape index (κ3) is 2.49. The van der Waals surface area contributed by atoms with Crippen molar-refractivity contribution in [2.24, 2.45) is 0 Å². The van der Waals surface area contributed by atoms with Crippen LogP contribution in [-0.2, 0) is 11.2 Å². The van der Waals surface area contributed by atoms with Crippen molar-refractivity contribution in [1.29, 1.82) is 0 Å². The number of hydrogen-bond acceptors (Lipinski definition) is 3. The van der Waals surface area contributed by atoms with E-state index in [1.165, 1.54) is 7.11 Å². The largest absolute Gasteiger partial charge is 0.508 e. The van der Waals surface area contributed by atoms with Crippen molar-refractivity contribution >= 4 is 5.97 Å². The second-order valence-electron chi connectivity index (χ2n) is 3.54. The number of esters is 1. The van der Waals surface area contributed by atoms with E-state index in [0.717, 1.165) is 24.0 Å². The first-order valence-corrected chi connectivity index (χ1v) is 5.01. The fourth-order valence-corrected chi connectivity index (χ4v) is 1.70. The number of ether oxygens (including phenoxy) is 1. The lowest BCUT2D eigenvalue weighted by molar-refractivity contribution is 0.0598. The van der Waals surface area contributed by atoms with Gasteiger partial charge in [-0.3, -0.25) is 0 Å². The van der Waals surface area contributed by atoms with Crippen molar-refractivity contribution in [3.05, 3.63) is 28.8 Å². The predicted octanol–water partition coefficient (Wildman–Crippen LogP) is 2.44. The molecular weight excluding hydrogens is 192 g/mol. The second-order valence-corrected chi connectivity index (χ2v) is 3.54. The summed E-state index contributed by atoms with van der Waals surface area (Å²) in [4.78, 5) is 11.5. The molecule has 0 spiro atoms. The molecule has 1 aromatic carbocycles. The Morgan fingerprint density at radius 2 is 2.13 bits per heavy atom. The van der Waals surface area contributed by atoms with Crippen LogP contribution in [0.15, 0.2) is 12.1 Å². The van der Waals surface area contributed by atoms with Crippen LogP contribution >= 0.6 is 0 Å². The minimum absolute atomic E-state index is 0.198. The molecule has 0 bridgehead atoms. The highest BCUT2D eigenvalue weighted by molar-refractivity contribution is 5.93. The van der Waals surface area contributed by atoms with E-state index in [4.69, 9.17) is 4.74 Å². The topological polar surface area (TPSA) is 46.5 Å². The average molecular weight is 208 g/mol. The molecule has 1 rings (SSSR count). The fourth-order valence-electron chi connectivity index (χ4n) is 1.70. The molecule has 0 unspecified atom stereocenters. The van der Waals surface area contributed by atoms with Crippen LogP contribution in [0.1, 0.15) is 34.8 Å². The molecular formula is C12H16O3. The van der Waals surface area contributed by atoms with Crippen molar-refractivity contribution < 1.29 is 14.6 Å². The van der Waals surface area contributed by atoms with Gasteiger partial charge in [-0.15, -0.1) is 0 Å². The van der Waals surface area contributed by atoms with Gasteiger partial charge in [0.05, 0.1) is 12.7 Å². The number of aryl methyl sites for hydroxylation is 2. The van der Waals surface area contributed by atoms with Gasteiger partial charge in [-0.25, -0.2) is 4.79 Å². The van der Waals surface area contributed by atoms with Gasteiger partial charge in [-0.05, 0) is 36.6 Å². The molecule has 1 aromatic rings. The maximum atomic E-state index is 11.5. The molecule has 0 aliphatic carbocycles. The molecule has 0 atom stereocenters. The molecule has 15 heavy (non-hydrogen) atoms. The van der Waals surface area contributed by atoms with Crippen molar-refractivity contribution in [2.75, 3.05) is 7.11 Å². The maximum absolute atomic E-state index is 11.5. The summed E-state index contributed by atoms with van der Waals surface area (Å²) < 4.78 is 4.72. The first-order chi connectivity index (χ1) is 7.10. The molecule has 82 valence electrons. The van der Waals surface area contributed by atoms with Gasteiger partial charge in [-0.2, -0.15) is 0 Å². The van der Waals surface area contributed by atoms with E-state index in [2.05, 4.69) is 0 Å². The summed E-state index contributed by atoms with van der Waals surface area (Å²) in [5.74, 6) is -0.139. The molecule has 0 saturated carbocycles. The van der Waals surface area contributed by atoms with Crippen LogP contribution in [-0.4, -0.2) is 18.2 Å². The number of carbonyl (C=O) groups excluding carboxylic acids is 1. The highest BCUT2D eigenvalue weighted by Gasteiger charge is 2.15. The Morgan fingerprint density at radius 1 is 1.47 bits per heavy atom. The second kappa shape index (κ2) is 4.82. The Hall–Kier alpha value is -1.51. The molecule has 0 radical (unpaired) electrons. The standard InChI is InChI=1S/C12H16O3/c1-4-5-9-7-10(13)6-8(2)11(9)12(14)15-3/h6-7,13H,4-5H2,1-3H3. The highest BCUT2D eigenvalue weighted by atomic mass is 16.5. The Bertz CT molecular complexity index is 369. The number of rotatable bonds is 3. The first-order valence-electron chi connectivity index (χ1n) is 5.01. The van der Waals surface area contributed by atoms with Gasteiger partial charge in [0.15, 0.2) is 0 Å². The van der Waals surface area contributed by atoms with E-state index < -0.39 is 0 Å². The molecule has 0 heterocycles. The third-order valence-electron chi connectivity index (χ3n) is 2.31. The van der Waals surface area contributed by atoms with E-state index >= 15 is 0 Å². The van der Waals surface area contributed by atoms with Crippen molar-refractivity contribution in [1.82, 2.24) is 0 Å². The average Bonchev–Trinajstić information content (AvgIpc) is 2.16. The van der Waals surface area contributed by atoms with Crippen LogP contribution in [0.3, 0.4) is 0 Å². The van der Waals surface area contributed by atoms with Gasteiger partial charge in [0, 0.05) is 0 Å². The minimum atomic E-state index is -0.337. The molecule has 3 heteroatoms. The molecule has 0 aliphatic heterocycles. The van der Waals surface area contributed by atoms with E-state index in [-0.39, 0.29) is 11.7 Å². The van der Waals surface area contributed by atoms with E-state index in [1.54, 1.807) is 19.1 Å². The number of phenolic OH excluding ortho intramolecular Hbond substituents is 1. The van der Waals surface area contributed by atoms with Crippen molar-refractivity contribution in [3.63, 3.8) is 0 Å². The van der Waals surface area contributed by atoms with Crippen molar-refractivity contribution in [3.8, 4) is 5.75 Å². The number of benzene rings is 1. The Balaban J connectivity index is 3.26. The molecule has 3 nitrogen and oxygen atoms in total. The third-order valence-corrected chi connectivity index (χ3v) is 2.31. The Kier molecular flexibility index (Phi) is 3.72. The van der Waals surface area contributed by atoms with E-state index in [1.807, 2.05) is 6.92 Å². The predicted molar refractivity (Wildman–Crippen MR) is 58.2 cm³/mol. The quantitative estimate of drug-likeness (QED) is 0.776. The number of carbonyl (C=O) groups is 1. The number of phenols is 1. The van der Waals surface area contributed by atoms with Crippen LogP contribution in [0.5, 0.6) is 5.75 Å². The zero-order valence-corrected chi connectivity index (χ0v) is 9.33. The monoisotopic (exact) mass is 208 g/mol. The van der Waals surface area contributed by atoms with Gasteiger partial charge in [0.25, 0.3) is 0 Å². The fraction of sp³-hybridized carbons (Fsp3) is 0.417. The summed E-state index contributed by atoms with van der Waals surface area (Å²) in [6.07, 6.45) is 1.69. The van der Waals surface area contributed by atoms with Gasteiger partial charge in [-0.1, -0.05) is 13.3 Å². The summed E-state index contributed by atoms with van der Waals surface area (Å²) in [7, 11) is 1.37. The Morgan fingerprint density at radius 3 is 2.67 bits per heavy atom. The molecule has 1 N–H and O–H groups in total. The number of aromatic hydroxyl groups is 1. The van der Waals surface area contributed by atoms with Gasteiger partial charge >= 0.3 is 5.97 Å². The Labute approximate surface area is 89.7 Å². The highest BCUT2D eigenvalue weighted by Crippen LogP contribution is 2.23. The maximum Gasteiger partial charge on any atom is 0.338 e. The first kappa shape index (κ1) is 11.6. The van der Waals surface area contributed by atoms with Crippen LogP contribution in [0, 0.1) is 6.92 Å². The molecule has 0 aromatic heterocycles. The van der Waals surface area contributed by atoms with Gasteiger partial charge in [0.1, 0.15) is 5.75 Å².